The Bertz CT molecular complexity index is 274. The predicted molar refractivity (Wildman–Crippen MR) is 70.3 cm³/mol. The van der Waals surface area contributed by atoms with Crippen molar-refractivity contribution >= 4 is 11.3 Å². The zero-order valence-electron chi connectivity index (χ0n) is 10.8. The van der Waals surface area contributed by atoms with Crippen LogP contribution in [-0.4, -0.2) is 37.1 Å². The predicted octanol–water partition coefficient (Wildman–Crippen LogP) is 2.06. The van der Waals surface area contributed by atoms with Crippen LogP contribution in [0.2, 0.25) is 0 Å². The average Bonchev–Trinajstić information content (AvgIpc) is 2.81. The van der Waals surface area contributed by atoms with E-state index in [0.29, 0.717) is 13.2 Å². The fraction of sp³-hybridized carbons (Fsp3) is 0.750. The van der Waals surface area contributed by atoms with E-state index < -0.39 is 0 Å². The van der Waals surface area contributed by atoms with Gasteiger partial charge in [0.05, 0.1) is 11.6 Å². The molecule has 0 radical (unpaired) electrons. The third-order valence-electron chi connectivity index (χ3n) is 2.36. The van der Waals surface area contributed by atoms with Crippen molar-refractivity contribution in [2.75, 3.05) is 19.8 Å². The molecule has 1 unspecified atom stereocenters. The molecular weight excluding hydrogens is 236 g/mol. The van der Waals surface area contributed by atoms with E-state index in [2.05, 4.69) is 17.2 Å². The molecule has 0 fully saturated rings. The van der Waals surface area contributed by atoms with E-state index in [4.69, 9.17) is 9.47 Å². The highest BCUT2D eigenvalue weighted by molar-refractivity contribution is 7.09. The van der Waals surface area contributed by atoms with Crippen molar-refractivity contribution in [3.8, 4) is 0 Å². The SMILES string of the molecule is CCNC(Cc1cncs1)C(OCC)OCC. The van der Waals surface area contributed by atoms with Crippen molar-refractivity contribution in [3.05, 3.63) is 16.6 Å². The molecule has 0 saturated heterocycles. The number of aromatic nitrogens is 1. The lowest BCUT2D eigenvalue weighted by atomic mass is 10.2. The van der Waals surface area contributed by atoms with Gasteiger partial charge in [-0.2, -0.15) is 0 Å². The van der Waals surface area contributed by atoms with Crippen molar-refractivity contribution in [1.29, 1.82) is 0 Å². The van der Waals surface area contributed by atoms with Crippen LogP contribution in [0.3, 0.4) is 0 Å². The molecule has 0 aliphatic heterocycles. The molecule has 0 aliphatic carbocycles. The normalized spacial score (nSPS) is 13.2. The van der Waals surface area contributed by atoms with Gasteiger partial charge in [0.1, 0.15) is 0 Å². The molecule has 1 N–H and O–H groups in total. The number of hydrogen-bond donors (Lipinski definition) is 1. The van der Waals surface area contributed by atoms with E-state index in [1.165, 1.54) is 4.88 Å². The summed E-state index contributed by atoms with van der Waals surface area (Å²) in [6, 6.07) is 0.181. The van der Waals surface area contributed by atoms with Crippen LogP contribution in [0.5, 0.6) is 0 Å². The Morgan fingerprint density at radius 3 is 2.47 bits per heavy atom. The van der Waals surface area contributed by atoms with Crippen molar-refractivity contribution in [2.24, 2.45) is 0 Å². The molecule has 5 heteroatoms. The van der Waals surface area contributed by atoms with Crippen molar-refractivity contribution in [2.45, 2.75) is 39.5 Å². The van der Waals surface area contributed by atoms with Crippen LogP contribution in [0.1, 0.15) is 25.6 Å². The number of likely N-dealkylation sites (N-methyl/N-ethyl adjacent to an activating group) is 1. The van der Waals surface area contributed by atoms with E-state index in [1.807, 2.05) is 25.6 Å². The molecule has 0 aromatic carbocycles. The fourth-order valence-corrected chi connectivity index (χ4v) is 2.35. The first kappa shape index (κ1) is 14.6. The van der Waals surface area contributed by atoms with E-state index in [1.54, 1.807) is 11.3 Å². The van der Waals surface area contributed by atoms with E-state index in [-0.39, 0.29) is 12.3 Å². The number of hydrogen-bond acceptors (Lipinski definition) is 5. The smallest absolute Gasteiger partial charge is 0.173 e. The summed E-state index contributed by atoms with van der Waals surface area (Å²) in [7, 11) is 0. The lowest BCUT2D eigenvalue weighted by Gasteiger charge is -2.26. The topological polar surface area (TPSA) is 43.4 Å². The van der Waals surface area contributed by atoms with Crippen molar-refractivity contribution in [1.82, 2.24) is 10.3 Å². The van der Waals surface area contributed by atoms with Gasteiger partial charge in [0.15, 0.2) is 6.29 Å². The quantitative estimate of drug-likeness (QED) is 0.689. The maximum absolute atomic E-state index is 5.65. The summed E-state index contributed by atoms with van der Waals surface area (Å²) in [5.41, 5.74) is 1.86. The first-order chi connectivity index (χ1) is 8.31. The van der Waals surface area contributed by atoms with Crippen LogP contribution in [-0.2, 0) is 15.9 Å². The largest absolute Gasteiger partial charge is 0.351 e. The van der Waals surface area contributed by atoms with E-state index >= 15 is 0 Å². The summed E-state index contributed by atoms with van der Waals surface area (Å²) in [4.78, 5) is 5.35. The number of ether oxygens (including phenoxy) is 2. The zero-order valence-corrected chi connectivity index (χ0v) is 11.6. The summed E-state index contributed by atoms with van der Waals surface area (Å²) in [6.45, 7) is 8.29. The Labute approximate surface area is 107 Å². The van der Waals surface area contributed by atoms with Crippen LogP contribution in [0.4, 0.5) is 0 Å². The Hall–Kier alpha value is -0.490. The van der Waals surface area contributed by atoms with Crippen molar-refractivity contribution in [3.63, 3.8) is 0 Å². The number of rotatable bonds is 9. The van der Waals surface area contributed by atoms with Gasteiger partial charge < -0.3 is 14.8 Å². The third kappa shape index (κ3) is 5.12. The van der Waals surface area contributed by atoms with Gasteiger partial charge in [-0.3, -0.25) is 4.98 Å². The van der Waals surface area contributed by atoms with Gasteiger partial charge in [0, 0.05) is 30.7 Å². The van der Waals surface area contributed by atoms with Crippen LogP contribution < -0.4 is 5.32 Å². The Morgan fingerprint density at radius 2 is 2.00 bits per heavy atom. The first-order valence-electron chi connectivity index (χ1n) is 6.15. The molecule has 1 atom stereocenters. The Kier molecular flexibility index (Phi) is 7.35. The molecule has 98 valence electrons. The Balaban J connectivity index is 2.60. The van der Waals surface area contributed by atoms with Gasteiger partial charge in [-0.25, -0.2) is 0 Å². The number of thiazole rings is 1. The summed E-state index contributed by atoms with van der Waals surface area (Å²) in [5.74, 6) is 0. The lowest BCUT2D eigenvalue weighted by molar-refractivity contribution is -0.153. The highest BCUT2D eigenvalue weighted by atomic mass is 32.1. The van der Waals surface area contributed by atoms with Crippen LogP contribution >= 0.6 is 11.3 Å². The molecule has 0 bridgehead atoms. The van der Waals surface area contributed by atoms with E-state index in [0.717, 1.165) is 13.0 Å². The standard InChI is InChI=1S/C12H22N2O2S/c1-4-14-11(7-10-8-13-9-17-10)12(15-5-2)16-6-3/h8-9,11-12,14H,4-7H2,1-3H3. The minimum absolute atomic E-state index is 0.181. The van der Waals surface area contributed by atoms with Crippen LogP contribution in [0.25, 0.3) is 0 Å². The lowest BCUT2D eigenvalue weighted by Crippen LogP contribution is -2.44. The molecule has 1 aromatic heterocycles. The molecule has 1 aromatic rings. The maximum atomic E-state index is 5.65. The fourth-order valence-electron chi connectivity index (χ4n) is 1.70. The molecule has 0 aliphatic rings. The minimum Gasteiger partial charge on any atom is -0.351 e. The monoisotopic (exact) mass is 258 g/mol. The van der Waals surface area contributed by atoms with Gasteiger partial charge in [0.2, 0.25) is 0 Å². The Morgan fingerprint density at radius 1 is 1.29 bits per heavy atom. The second kappa shape index (κ2) is 8.58. The molecular formula is C12H22N2O2S. The minimum atomic E-state index is -0.188. The molecule has 1 rings (SSSR count). The van der Waals surface area contributed by atoms with Gasteiger partial charge in [-0.1, -0.05) is 6.92 Å². The molecule has 0 saturated carbocycles. The summed E-state index contributed by atoms with van der Waals surface area (Å²) >= 11 is 1.67. The molecule has 0 amide bonds. The number of nitrogens with one attached hydrogen (secondary N) is 1. The van der Waals surface area contributed by atoms with Crippen LogP contribution in [0.15, 0.2) is 11.7 Å². The molecule has 4 nitrogen and oxygen atoms in total. The van der Waals surface area contributed by atoms with Crippen LogP contribution in [0, 0.1) is 0 Å². The summed E-state index contributed by atoms with van der Waals surface area (Å²) < 4.78 is 11.3. The first-order valence-corrected chi connectivity index (χ1v) is 7.03. The second-order valence-corrected chi connectivity index (χ2v) is 4.59. The average molecular weight is 258 g/mol. The van der Waals surface area contributed by atoms with Gasteiger partial charge in [0.25, 0.3) is 0 Å². The highest BCUT2D eigenvalue weighted by Crippen LogP contribution is 2.13. The third-order valence-corrected chi connectivity index (χ3v) is 3.16. The highest BCUT2D eigenvalue weighted by Gasteiger charge is 2.22. The molecule has 17 heavy (non-hydrogen) atoms. The van der Waals surface area contributed by atoms with Crippen molar-refractivity contribution < 1.29 is 9.47 Å². The van der Waals surface area contributed by atoms with E-state index in [9.17, 15) is 0 Å². The second-order valence-electron chi connectivity index (χ2n) is 3.62. The van der Waals surface area contributed by atoms with Gasteiger partial charge in [-0.15, -0.1) is 11.3 Å². The molecule has 1 heterocycles. The maximum Gasteiger partial charge on any atom is 0.173 e. The summed E-state index contributed by atoms with van der Waals surface area (Å²) in [6.07, 6.45) is 2.61. The number of nitrogens with zero attached hydrogens (tertiary/aromatic N) is 1. The summed E-state index contributed by atoms with van der Waals surface area (Å²) in [5, 5.41) is 3.42. The van der Waals surface area contributed by atoms with Gasteiger partial charge in [-0.05, 0) is 20.4 Å². The zero-order chi connectivity index (χ0) is 12.5. The molecule has 0 spiro atoms. The van der Waals surface area contributed by atoms with Gasteiger partial charge >= 0.3 is 0 Å².